The first-order valence-electron chi connectivity index (χ1n) is 15.6. The van der Waals surface area contributed by atoms with Gasteiger partial charge in [-0.05, 0) is 57.6 Å². The summed E-state index contributed by atoms with van der Waals surface area (Å²) in [5.41, 5.74) is 2.00. The van der Waals surface area contributed by atoms with Crippen LogP contribution < -0.4 is 15.8 Å². The van der Waals surface area contributed by atoms with Crippen molar-refractivity contribution in [3.63, 3.8) is 0 Å². The number of piperidine rings is 1. The van der Waals surface area contributed by atoms with Gasteiger partial charge in [0.05, 0.1) is 6.33 Å². The zero-order valence-corrected chi connectivity index (χ0v) is 26.3. The van der Waals surface area contributed by atoms with Crippen LogP contribution >= 0.6 is 0 Å². The lowest BCUT2D eigenvalue weighted by atomic mass is 9.96. The van der Waals surface area contributed by atoms with Crippen LogP contribution in [0.5, 0.6) is 0 Å². The number of carbonyl (C=O) groups excluding carboxylic acids is 1. The number of nitriles is 1. The average Bonchev–Trinajstić information content (AvgIpc) is 3.36. The summed E-state index contributed by atoms with van der Waals surface area (Å²) in [6, 6.07) is 11.4. The van der Waals surface area contributed by atoms with E-state index < -0.39 is 17.7 Å². The molecule has 4 heterocycles. The number of hydrogen-bond donors (Lipinski definition) is 1. The third kappa shape index (κ3) is 6.42. The van der Waals surface area contributed by atoms with Crippen molar-refractivity contribution in [1.82, 2.24) is 19.4 Å². The second-order valence-corrected chi connectivity index (χ2v) is 12.6. The van der Waals surface area contributed by atoms with Gasteiger partial charge in [0.25, 0.3) is 5.56 Å². The first-order valence-corrected chi connectivity index (χ1v) is 15.6. The maximum Gasteiger partial charge on any atom is 0.407 e. The standard InChI is InChI=1S/C35H38N6O5/c1-35(2,3)46-34(43)38-26-15-10-16-39(21-26)32-27(19-36)29-31(40(32)20-24-11-6-4-7-12-24)33(42)41(23-37-29)30(25-13-8-5-9-14-25)28-22-44-17-18-45-28/h4-8,11-13,17-18,22-23,26,30H,9-10,14-16,20-21H2,1-3H3,(H,38,43)/t26-,30?/m0/s1. The average molecular weight is 623 g/mol. The first-order chi connectivity index (χ1) is 22.2. The number of ether oxygens (including phenoxy) is 3. The van der Waals surface area contributed by atoms with Crippen molar-refractivity contribution in [3.05, 3.63) is 106 Å². The van der Waals surface area contributed by atoms with Crippen molar-refractivity contribution in [2.75, 3.05) is 18.0 Å². The van der Waals surface area contributed by atoms with Crippen LogP contribution in [0.1, 0.15) is 63.6 Å². The van der Waals surface area contributed by atoms with E-state index >= 15 is 0 Å². The first kappa shape index (κ1) is 30.8. The van der Waals surface area contributed by atoms with Crippen molar-refractivity contribution >= 4 is 22.9 Å². The summed E-state index contributed by atoms with van der Waals surface area (Å²) in [6.07, 6.45) is 14.5. The minimum atomic E-state index is -0.622. The lowest BCUT2D eigenvalue weighted by Crippen LogP contribution is -2.49. The Bertz CT molecular complexity index is 1840. The second kappa shape index (κ2) is 13.0. The number of rotatable bonds is 7. The van der Waals surface area contributed by atoms with Crippen molar-refractivity contribution in [1.29, 1.82) is 5.26 Å². The number of fused-ring (bicyclic) bond motifs is 1. The van der Waals surface area contributed by atoms with Gasteiger partial charge in [-0.1, -0.05) is 48.6 Å². The van der Waals surface area contributed by atoms with Crippen LogP contribution in [0.4, 0.5) is 10.6 Å². The zero-order valence-electron chi connectivity index (χ0n) is 26.3. The zero-order chi connectivity index (χ0) is 32.3. The predicted octanol–water partition coefficient (Wildman–Crippen LogP) is 5.79. The maximum atomic E-state index is 14.7. The molecule has 1 unspecified atom stereocenters. The summed E-state index contributed by atoms with van der Waals surface area (Å²) < 4.78 is 20.3. The van der Waals surface area contributed by atoms with E-state index in [-0.39, 0.29) is 11.6 Å². The molecule has 6 rings (SSSR count). The Hall–Kier alpha value is -5.24. The van der Waals surface area contributed by atoms with Crippen molar-refractivity contribution < 1.29 is 19.0 Å². The molecule has 2 aromatic heterocycles. The molecule has 2 aliphatic heterocycles. The monoisotopic (exact) mass is 622 g/mol. The molecule has 11 nitrogen and oxygen atoms in total. The number of anilines is 1. The van der Waals surface area contributed by atoms with Gasteiger partial charge in [-0.3, -0.25) is 9.36 Å². The Morgan fingerprint density at radius 2 is 2.07 bits per heavy atom. The van der Waals surface area contributed by atoms with Gasteiger partial charge in [0.1, 0.15) is 58.9 Å². The summed E-state index contributed by atoms with van der Waals surface area (Å²) in [7, 11) is 0. The van der Waals surface area contributed by atoms with Crippen LogP contribution in [0.3, 0.4) is 0 Å². The molecule has 238 valence electrons. The molecule has 11 heteroatoms. The van der Waals surface area contributed by atoms with E-state index in [1.165, 1.54) is 25.1 Å². The molecule has 0 saturated carbocycles. The molecule has 1 aromatic carbocycles. The second-order valence-electron chi connectivity index (χ2n) is 12.6. The molecular formula is C35H38N6O5. The largest absolute Gasteiger partial charge is 0.466 e. The summed E-state index contributed by atoms with van der Waals surface area (Å²) in [4.78, 5) is 34.2. The van der Waals surface area contributed by atoms with Crippen LogP contribution in [0.15, 0.2) is 89.8 Å². The highest BCUT2D eigenvalue weighted by molar-refractivity contribution is 5.89. The number of carbonyl (C=O) groups is 1. The highest BCUT2D eigenvalue weighted by Crippen LogP contribution is 2.36. The fourth-order valence-corrected chi connectivity index (χ4v) is 6.28. The number of nitrogens with zero attached hydrogens (tertiary/aromatic N) is 5. The van der Waals surface area contributed by atoms with Gasteiger partial charge in [0.2, 0.25) is 0 Å². The molecule has 2 atom stereocenters. The molecule has 3 aliphatic rings. The minimum absolute atomic E-state index is 0.206. The fraction of sp³-hybridized carbons (Fsp3) is 0.371. The quantitative estimate of drug-likeness (QED) is 0.351. The highest BCUT2D eigenvalue weighted by atomic mass is 16.6. The van der Waals surface area contributed by atoms with Gasteiger partial charge in [-0.2, -0.15) is 5.26 Å². The molecule has 1 aliphatic carbocycles. The third-order valence-electron chi connectivity index (χ3n) is 8.16. The Labute approximate surface area is 267 Å². The fourth-order valence-electron chi connectivity index (χ4n) is 6.28. The van der Waals surface area contributed by atoms with E-state index in [2.05, 4.69) is 22.4 Å². The summed E-state index contributed by atoms with van der Waals surface area (Å²) in [5.74, 6) is 1.07. The molecule has 46 heavy (non-hydrogen) atoms. The number of alkyl carbamates (subject to hydrolysis) is 1. The van der Waals surface area contributed by atoms with Crippen molar-refractivity contribution in [2.24, 2.45) is 0 Å². The molecule has 0 spiro atoms. The number of benzene rings is 1. The molecule has 1 saturated heterocycles. The summed E-state index contributed by atoms with van der Waals surface area (Å²) in [5, 5.41) is 13.5. The van der Waals surface area contributed by atoms with Gasteiger partial charge in [0, 0.05) is 25.7 Å². The molecule has 1 N–H and O–H groups in total. The molecular weight excluding hydrogens is 584 g/mol. The highest BCUT2D eigenvalue weighted by Gasteiger charge is 2.33. The number of amides is 1. The SMILES string of the molecule is CC(C)(C)OC(=O)N[C@H]1CCCN(c2c(C#N)c3ncn(C(C4=CC=CCC4)C4=COC=CO4)c(=O)c3n2Cc2ccccc2)C1. The lowest BCUT2D eigenvalue weighted by molar-refractivity contribution is 0.0500. The minimum Gasteiger partial charge on any atom is -0.466 e. The summed E-state index contributed by atoms with van der Waals surface area (Å²) in [6.45, 7) is 6.91. The van der Waals surface area contributed by atoms with Gasteiger partial charge in [-0.15, -0.1) is 0 Å². The van der Waals surface area contributed by atoms with E-state index in [0.29, 0.717) is 47.8 Å². The molecule has 0 radical (unpaired) electrons. The Balaban J connectivity index is 1.48. The smallest absolute Gasteiger partial charge is 0.407 e. The van der Waals surface area contributed by atoms with Gasteiger partial charge >= 0.3 is 6.09 Å². The van der Waals surface area contributed by atoms with E-state index in [4.69, 9.17) is 19.2 Å². The van der Waals surface area contributed by atoms with Crippen LogP contribution in [-0.2, 0) is 20.8 Å². The molecule has 0 bridgehead atoms. The van der Waals surface area contributed by atoms with Crippen LogP contribution in [0, 0.1) is 11.3 Å². The number of hydrogen-bond acceptors (Lipinski definition) is 8. The number of allylic oxidation sites excluding steroid dienone is 4. The Morgan fingerprint density at radius 3 is 2.76 bits per heavy atom. The Morgan fingerprint density at radius 1 is 1.24 bits per heavy atom. The number of aromatic nitrogens is 3. The van der Waals surface area contributed by atoms with Gasteiger partial charge in [0.15, 0.2) is 5.76 Å². The van der Waals surface area contributed by atoms with Crippen LogP contribution in [-0.4, -0.2) is 44.9 Å². The van der Waals surface area contributed by atoms with Crippen molar-refractivity contribution in [3.8, 4) is 6.07 Å². The molecule has 1 fully saturated rings. The van der Waals surface area contributed by atoms with Gasteiger partial charge in [-0.25, -0.2) is 9.78 Å². The predicted molar refractivity (Wildman–Crippen MR) is 174 cm³/mol. The lowest BCUT2D eigenvalue weighted by Gasteiger charge is -2.35. The van der Waals surface area contributed by atoms with Crippen molar-refractivity contribution in [2.45, 2.75) is 70.7 Å². The topological polar surface area (TPSA) is 124 Å². The maximum absolute atomic E-state index is 14.7. The van der Waals surface area contributed by atoms with E-state index in [0.717, 1.165) is 36.8 Å². The van der Waals surface area contributed by atoms with Crippen LogP contribution in [0.25, 0.3) is 11.0 Å². The molecule has 1 amide bonds. The van der Waals surface area contributed by atoms with E-state index in [9.17, 15) is 14.9 Å². The van der Waals surface area contributed by atoms with E-state index in [1.54, 1.807) is 4.57 Å². The third-order valence-corrected chi connectivity index (χ3v) is 8.16. The molecule has 3 aromatic rings. The van der Waals surface area contributed by atoms with Gasteiger partial charge < -0.3 is 29.0 Å². The van der Waals surface area contributed by atoms with E-state index in [1.807, 2.05) is 67.8 Å². The normalized spacial score (nSPS) is 18.6. The Kier molecular flexibility index (Phi) is 8.70. The van der Waals surface area contributed by atoms with Crippen LogP contribution in [0.2, 0.25) is 0 Å². The summed E-state index contributed by atoms with van der Waals surface area (Å²) >= 11 is 0. The number of nitrogens with one attached hydrogen (secondary N) is 1.